The molecule has 1 aliphatic rings. The molecule has 1 amide bonds. The van der Waals surface area contributed by atoms with Gasteiger partial charge in [-0.25, -0.2) is 4.98 Å². The second kappa shape index (κ2) is 8.76. The number of aryl methyl sites for hydroxylation is 1. The molecule has 0 bridgehead atoms. The molecular weight excluding hydrogens is 308 g/mol. The summed E-state index contributed by atoms with van der Waals surface area (Å²) in [6.45, 7) is 6.27. The highest BCUT2D eigenvalue weighted by atomic mass is 16.5. The summed E-state index contributed by atoms with van der Waals surface area (Å²) in [5, 5.41) is 15.9. The van der Waals surface area contributed by atoms with Gasteiger partial charge in [0.1, 0.15) is 11.9 Å². The van der Waals surface area contributed by atoms with E-state index in [2.05, 4.69) is 33.1 Å². The van der Waals surface area contributed by atoms with Gasteiger partial charge in [-0.15, -0.1) is 0 Å². The summed E-state index contributed by atoms with van der Waals surface area (Å²) >= 11 is 0. The average molecular weight is 334 g/mol. The standard InChI is InChI=1S/C16H26N6O2/c1-4-6-14-18-15(20-19-14)13-11-22(9-10-24-13)12(2)16(23)21(3)8-5-7-17/h12-13H,4-6,8-11H2,1-3H3,(H,18,19,20)/t12-,13-/m1/s1. The predicted octanol–water partition coefficient (Wildman–Crippen LogP) is 0.891. The number of H-pyrrole nitrogens is 1. The van der Waals surface area contributed by atoms with Crippen LogP contribution in [0.2, 0.25) is 0 Å². The number of morpholine rings is 1. The second-order valence-electron chi connectivity index (χ2n) is 6.09. The zero-order chi connectivity index (χ0) is 17.5. The van der Waals surface area contributed by atoms with Gasteiger partial charge in [0.05, 0.1) is 25.1 Å². The summed E-state index contributed by atoms with van der Waals surface area (Å²) in [4.78, 5) is 20.7. The van der Waals surface area contributed by atoms with Crippen LogP contribution in [0.3, 0.4) is 0 Å². The van der Waals surface area contributed by atoms with E-state index >= 15 is 0 Å². The molecule has 8 heteroatoms. The summed E-state index contributed by atoms with van der Waals surface area (Å²) in [5.74, 6) is 1.54. The summed E-state index contributed by atoms with van der Waals surface area (Å²) in [5.41, 5.74) is 0. The minimum absolute atomic E-state index is 0.0209. The molecule has 1 fully saturated rings. The lowest BCUT2D eigenvalue weighted by Crippen LogP contribution is -2.50. The molecule has 0 spiro atoms. The normalized spacial score (nSPS) is 19.7. The fourth-order valence-corrected chi connectivity index (χ4v) is 2.78. The van der Waals surface area contributed by atoms with Crippen molar-refractivity contribution in [3.63, 3.8) is 0 Å². The Morgan fingerprint density at radius 1 is 1.62 bits per heavy atom. The van der Waals surface area contributed by atoms with E-state index in [0.717, 1.165) is 18.7 Å². The molecule has 1 aliphatic heterocycles. The number of nitriles is 1. The van der Waals surface area contributed by atoms with E-state index in [1.807, 2.05) is 6.92 Å². The van der Waals surface area contributed by atoms with Gasteiger partial charge in [0, 0.05) is 33.1 Å². The topological polar surface area (TPSA) is 98.1 Å². The van der Waals surface area contributed by atoms with Crippen molar-refractivity contribution >= 4 is 5.91 Å². The Labute approximate surface area is 142 Å². The third-order valence-electron chi connectivity index (χ3n) is 4.26. The lowest BCUT2D eigenvalue weighted by Gasteiger charge is -2.36. The molecule has 0 saturated carbocycles. The Bertz CT molecular complexity index is 581. The van der Waals surface area contributed by atoms with Gasteiger partial charge in [-0.3, -0.25) is 14.8 Å². The van der Waals surface area contributed by atoms with Crippen molar-refractivity contribution in [1.29, 1.82) is 5.26 Å². The van der Waals surface area contributed by atoms with E-state index in [9.17, 15) is 4.79 Å². The summed E-state index contributed by atoms with van der Waals surface area (Å²) < 4.78 is 5.79. The molecule has 0 aliphatic carbocycles. The van der Waals surface area contributed by atoms with Crippen LogP contribution in [-0.2, 0) is 16.0 Å². The minimum atomic E-state index is -0.255. The van der Waals surface area contributed by atoms with Crippen LogP contribution in [0.4, 0.5) is 0 Å². The first-order chi connectivity index (χ1) is 11.6. The van der Waals surface area contributed by atoms with Crippen molar-refractivity contribution in [1.82, 2.24) is 25.0 Å². The molecule has 1 aromatic rings. The Hall–Kier alpha value is -1.98. The lowest BCUT2D eigenvalue weighted by atomic mass is 10.2. The highest BCUT2D eigenvalue weighted by Crippen LogP contribution is 2.21. The maximum atomic E-state index is 12.5. The Morgan fingerprint density at radius 3 is 3.12 bits per heavy atom. The molecule has 0 radical (unpaired) electrons. The van der Waals surface area contributed by atoms with Crippen LogP contribution >= 0.6 is 0 Å². The van der Waals surface area contributed by atoms with E-state index in [4.69, 9.17) is 10.00 Å². The quantitative estimate of drug-likeness (QED) is 0.795. The molecule has 1 aromatic heterocycles. The number of likely N-dealkylation sites (N-methyl/N-ethyl adjacent to an activating group) is 1. The second-order valence-corrected chi connectivity index (χ2v) is 6.09. The lowest BCUT2D eigenvalue weighted by molar-refractivity contribution is -0.138. The summed E-state index contributed by atoms with van der Waals surface area (Å²) in [7, 11) is 1.74. The zero-order valence-corrected chi connectivity index (χ0v) is 14.7. The molecule has 0 unspecified atom stereocenters. The van der Waals surface area contributed by atoms with Crippen molar-refractivity contribution < 1.29 is 9.53 Å². The SMILES string of the molecule is CCCc1nc([C@H]2CN([C@H](C)C(=O)N(C)CCC#N)CCO2)n[nH]1. The smallest absolute Gasteiger partial charge is 0.239 e. The molecule has 2 rings (SSSR count). The summed E-state index contributed by atoms with van der Waals surface area (Å²) in [6, 6.07) is 1.81. The molecule has 24 heavy (non-hydrogen) atoms. The van der Waals surface area contributed by atoms with Crippen LogP contribution in [0.5, 0.6) is 0 Å². The maximum absolute atomic E-state index is 12.5. The van der Waals surface area contributed by atoms with Crippen molar-refractivity contribution in [2.24, 2.45) is 0 Å². The largest absolute Gasteiger partial charge is 0.367 e. The monoisotopic (exact) mass is 334 g/mol. The van der Waals surface area contributed by atoms with Crippen LogP contribution in [0, 0.1) is 11.3 Å². The fraction of sp³-hybridized carbons (Fsp3) is 0.750. The maximum Gasteiger partial charge on any atom is 0.239 e. The number of nitrogens with zero attached hydrogens (tertiary/aromatic N) is 5. The van der Waals surface area contributed by atoms with Crippen LogP contribution in [0.1, 0.15) is 44.4 Å². The van der Waals surface area contributed by atoms with Crippen molar-refractivity contribution in [3.8, 4) is 6.07 Å². The number of aromatic amines is 1. The Balaban J connectivity index is 1.96. The van der Waals surface area contributed by atoms with Crippen LogP contribution in [-0.4, -0.2) is 70.2 Å². The van der Waals surface area contributed by atoms with E-state index in [1.165, 1.54) is 0 Å². The van der Waals surface area contributed by atoms with Crippen LogP contribution in [0.25, 0.3) is 0 Å². The Morgan fingerprint density at radius 2 is 2.42 bits per heavy atom. The van der Waals surface area contributed by atoms with Crippen molar-refractivity contribution in [2.75, 3.05) is 33.3 Å². The average Bonchev–Trinajstić information content (AvgIpc) is 3.07. The molecule has 2 heterocycles. The van der Waals surface area contributed by atoms with E-state index in [0.29, 0.717) is 38.5 Å². The molecular formula is C16H26N6O2. The third kappa shape index (κ3) is 4.52. The minimum Gasteiger partial charge on any atom is -0.367 e. The number of carbonyl (C=O) groups is 1. The van der Waals surface area contributed by atoms with Crippen molar-refractivity contribution in [3.05, 3.63) is 11.6 Å². The molecule has 132 valence electrons. The first kappa shape index (κ1) is 18.4. The molecule has 1 N–H and O–H groups in total. The predicted molar refractivity (Wildman–Crippen MR) is 88.0 cm³/mol. The van der Waals surface area contributed by atoms with E-state index in [-0.39, 0.29) is 18.1 Å². The highest BCUT2D eigenvalue weighted by molar-refractivity contribution is 5.81. The summed E-state index contributed by atoms with van der Waals surface area (Å²) in [6.07, 6.45) is 1.99. The third-order valence-corrected chi connectivity index (χ3v) is 4.26. The van der Waals surface area contributed by atoms with Crippen LogP contribution in [0.15, 0.2) is 0 Å². The first-order valence-electron chi connectivity index (χ1n) is 8.45. The number of nitrogens with one attached hydrogen (secondary N) is 1. The van der Waals surface area contributed by atoms with Gasteiger partial charge >= 0.3 is 0 Å². The molecule has 0 aromatic carbocycles. The van der Waals surface area contributed by atoms with Crippen LogP contribution < -0.4 is 0 Å². The number of hydrogen-bond acceptors (Lipinski definition) is 6. The Kier molecular flexibility index (Phi) is 6.70. The number of aromatic nitrogens is 3. The molecule has 1 saturated heterocycles. The van der Waals surface area contributed by atoms with Gasteiger partial charge in [0.25, 0.3) is 0 Å². The highest BCUT2D eigenvalue weighted by Gasteiger charge is 2.31. The number of carbonyl (C=O) groups excluding carboxylic acids is 1. The van der Waals surface area contributed by atoms with Gasteiger partial charge in [-0.2, -0.15) is 10.4 Å². The number of hydrogen-bond donors (Lipinski definition) is 1. The fourth-order valence-electron chi connectivity index (χ4n) is 2.78. The van der Waals surface area contributed by atoms with Gasteiger partial charge in [-0.05, 0) is 13.3 Å². The number of rotatable bonds is 7. The number of ether oxygens (including phenoxy) is 1. The molecule has 8 nitrogen and oxygen atoms in total. The van der Waals surface area contributed by atoms with Gasteiger partial charge in [0.2, 0.25) is 5.91 Å². The van der Waals surface area contributed by atoms with Gasteiger partial charge in [0.15, 0.2) is 5.82 Å². The zero-order valence-electron chi connectivity index (χ0n) is 14.7. The van der Waals surface area contributed by atoms with E-state index in [1.54, 1.807) is 11.9 Å². The number of amides is 1. The van der Waals surface area contributed by atoms with E-state index < -0.39 is 0 Å². The van der Waals surface area contributed by atoms with Crippen molar-refractivity contribution in [2.45, 2.75) is 45.3 Å². The molecule has 2 atom stereocenters. The first-order valence-corrected chi connectivity index (χ1v) is 8.45. The van der Waals surface area contributed by atoms with Gasteiger partial charge < -0.3 is 9.64 Å². The van der Waals surface area contributed by atoms with Gasteiger partial charge in [-0.1, -0.05) is 6.92 Å².